The molecule has 0 aromatic heterocycles. The van der Waals surface area contributed by atoms with E-state index in [0.717, 1.165) is 22.4 Å². The van der Waals surface area contributed by atoms with Gasteiger partial charge in [0.15, 0.2) is 0 Å². The summed E-state index contributed by atoms with van der Waals surface area (Å²) in [5.74, 6) is -0.316. The monoisotopic (exact) mass is 384 g/mol. The molecule has 2 aromatic carbocycles. The van der Waals surface area contributed by atoms with Crippen molar-refractivity contribution in [3.05, 3.63) is 64.7 Å². The molecule has 3 nitrogen and oxygen atoms in total. The molecule has 0 aliphatic rings. The lowest BCUT2D eigenvalue weighted by atomic mass is 10.1. The fraction of sp³-hybridized carbons (Fsp3) is 0.278. The van der Waals surface area contributed by atoms with Crippen LogP contribution >= 0.6 is 34.8 Å². The van der Waals surface area contributed by atoms with Gasteiger partial charge in [-0.15, -0.1) is 0 Å². The molecule has 1 unspecified atom stereocenters. The normalized spacial score (nSPS) is 12.6. The molecule has 0 saturated carbocycles. The number of carbonyl (C=O) groups is 1. The first-order valence-corrected chi connectivity index (χ1v) is 8.58. The van der Waals surface area contributed by atoms with Gasteiger partial charge in [0.25, 0.3) is 5.91 Å². The Balaban J connectivity index is 2.21. The highest BCUT2D eigenvalue weighted by molar-refractivity contribution is 6.68. The summed E-state index contributed by atoms with van der Waals surface area (Å²) in [5, 5.41) is 5.85. The van der Waals surface area contributed by atoms with Gasteiger partial charge in [-0.2, -0.15) is 0 Å². The Hall–Kier alpha value is -1.42. The number of carbonyl (C=O) groups excluding carboxylic acids is 1. The van der Waals surface area contributed by atoms with Crippen molar-refractivity contribution in [2.45, 2.75) is 30.7 Å². The van der Waals surface area contributed by atoms with Crippen molar-refractivity contribution in [1.29, 1.82) is 0 Å². The zero-order valence-electron chi connectivity index (χ0n) is 13.7. The van der Waals surface area contributed by atoms with E-state index < -0.39 is 9.96 Å². The average molecular weight is 386 g/mol. The minimum absolute atomic E-state index is 0.316. The zero-order valence-corrected chi connectivity index (χ0v) is 15.9. The molecule has 6 heteroatoms. The van der Waals surface area contributed by atoms with Crippen molar-refractivity contribution in [1.82, 2.24) is 5.32 Å². The van der Waals surface area contributed by atoms with E-state index in [4.69, 9.17) is 34.8 Å². The maximum absolute atomic E-state index is 12.4. The van der Waals surface area contributed by atoms with Crippen molar-refractivity contribution in [3.63, 3.8) is 0 Å². The summed E-state index contributed by atoms with van der Waals surface area (Å²) in [5.41, 5.74) is 4.43. The highest BCUT2D eigenvalue weighted by atomic mass is 35.6. The SMILES string of the molecule is Cc1ccc(C(=O)NC(Nc2cc(C)ccc2C)C(Cl)(Cl)Cl)cc1. The Morgan fingerprint density at radius 3 is 2.12 bits per heavy atom. The number of rotatable bonds is 4. The van der Waals surface area contributed by atoms with Crippen molar-refractivity contribution in [2.75, 3.05) is 5.32 Å². The van der Waals surface area contributed by atoms with Crippen molar-refractivity contribution >= 4 is 46.4 Å². The highest BCUT2D eigenvalue weighted by Gasteiger charge is 2.34. The maximum Gasteiger partial charge on any atom is 0.252 e. The van der Waals surface area contributed by atoms with Crippen LogP contribution in [0, 0.1) is 20.8 Å². The van der Waals surface area contributed by atoms with Crippen LogP contribution in [0.15, 0.2) is 42.5 Å². The molecular weight excluding hydrogens is 367 g/mol. The Morgan fingerprint density at radius 2 is 1.54 bits per heavy atom. The Bertz CT molecular complexity index is 724. The summed E-state index contributed by atoms with van der Waals surface area (Å²) in [4.78, 5) is 12.4. The third-order valence-electron chi connectivity index (χ3n) is 3.61. The van der Waals surface area contributed by atoms with Gasteiger partial charge in [0.05, 0.1) is 0 Å². The Kier molecular flexibility index (Phi) is 6.02. The number of benzene rings is 2. The summed E-state index contributed by atoms with van der Waals surface area (Å²) in [6.45, 7) is 5.87. The first-order chi connectivity index (χ1) is 11.2. The van der Waals surface area contributed by atoms with E-state index in [-0.39, 0.29) is 5.91 Å². The predicted molar refractivity (Wildman–Crippen MR) is 102 cm³/mol. The predicted octanol–water partition coefficient (Wildman–Crippen LogP) is 5.15. The third-order valence-corrected chi connectivity index (χ3v) is 4.26. The van der Waals surface area contributed by atoms with Crippen LogP contribution in [0.2, 0.25) is 0 Å². The van der Waals surface area contributed by atoms with Gasteiger partial charge >= 0.3 is 0 Å². The van der Waals surface area contributed by atoms with Crippen LogP contribution in [-0.2, 0) is 0 Å². The van der Waals surface area contributed by atoms with Crippen molar-refractivity contribution < 1.29 is 4.79 Å². The summed E-state index contributed by atoms with van der Waals surface area (Å²) in [6, 6.07) is 13.1. The number of hydrogen-bond acceptors (Lipinski definition) is 2. The van der Waals surface area contributed by atoms with E-state index in [1.165, 1.54) is 0 Å². The van der Waals surface area contributed by atoms with Crippen LogP contribution in [0.25, 0.3) is 0 Å². The van der Waals surface area contributed by atoms with Gasteiger partial charge in [0, 0.05) is 11.3 Å². The van der Waals surface area contributed by atoms with Crippen molar-refractivity contribution in [3.8, 4) is 0 Å². The molecule has 0 aliphatic heterocycles. The average Bonchev–Trinajstić information content (AvgIpc) is 2.49. The van der Waals surface area contributed by atoms with Crippen LogP contribution in [0.3, 0.4) is 0 Å². The second-order valence-corrected chi connectivity index (χ2v) is 8.15. The van der Waals surface area contributed by atoms with Gasteiger partial charge in [-0.1, -0.05) is 64.6 Å². The van der Waals surface area contributed by atoms with Crippen molar-refractivity contribution in [2.24, 2.45) is 0 Å². The minimum Gasteiger partial charge on any atom is -0.362 e. The number of nitrogens with one attached hydrogen (secondary N) is 2. The molecule has 2 N–H and O–H groups in total. The quantitative estimate of drug-likeness (QED) is 0.564. The molecule has 128 valence electrons. The van der Waals surface area contributed by atoms with E-state index in [2.05, 4.69) is 10.6 Å². The fourth-order valence-corrected chi connectivity index (χ4v) is 2.49. The van der Waals surface area contributed by atoms with E-state index in [9.17, 15) is 4.79 Å². The maximum atomic E-state index is 12.4. The van der Waals surface area contributed by atoms with Gasteiger partial charge in [0.2, 0.25) is 3.79 Å². The highest BCUT2D eigenvalue weighted by Crippen LogP contribution is 2.32. The number of anilines is 1. The molecule has 2 aromatic rings. The first kappa shape index (κ1) is 18.9. The largest absolute Gasteiger partial charge is 0.362 e. The molecule has 0 saturated heterocycles. The number of alkyl halides is 3. The first-order valence-electron chi connectivity index (χ1n) is 7.45. The smallest absolute Gasteiger partial charge is 0.252 e. The number of amides is 1. The van der Waals surface area contributed by atoms with Gasteiger partial charge in [-0.05, 0) is 50.1 Å². The van der Waals surface area contributed by atoms with Gasteiger partial charge in [-0.3, -0.25) is 4.79 Å². The molecule has 24 heavy (non-hydrogen) atoms. The molecule has 0 heterocycles. The van der Waals surface area contributed by atoms with Crippen LogP contribution in [0.1, 0.15) is 27.0 Å². The Morgan fingerprint density at radius 1 is 0.958 bits per heavy atom. The standard InChI is InChI=1S/C18H19Cl3N2O/c1-11-5-8-14(9-6-11)16(24)23-17(18(19,20)21)22-15-10-12(2)4-7-13(15)3/h4-10,17,22H,1-3H3,(H,23,24). The topological polar surface area (TPSA) is 41.1 Å². The fourth-order valence-electron chi connectivity index (χ4n) is 2.17. The molecule has 0 spiro atoms. The van der Waals surface area contributed by atoms with Crippen LogP contribution < -0.4 is 10.6 Å². The van der Waals surface area contributed by atoms with E-state index >= 15 is 0 Å². The second-order valence-electron chi connectivity index (χ2n) is 5.78. The van der Waals surface area contributed by atoms with E-state index in [1.54, 1.807) is 12.1 Å². The van der Waals surface area contributed by atoms with Gasteiger partial charge < -0.3 is 10.6 Å². The molecule has 0 radical (unpaired) electrons. The molecule has 0 fully saturated rings. The zero-order chi connectivity index (χ0) is 17.9. The van der Waals surface area contributed by atoms with Crippen LogP contribution in [0.4, 0.5) is 5.69 Å². The van der Waals surface area contributed by atoms with Gasteiger partial charge in [-0.25, -0.2) is 0 Å². The molecule has 2 rings (SSSR count). The lowest BCUT2D eigenvalue weighted by molar-refractivity contribution is 0.0942. The number of hydrogen-bond donors (Lipinski definition) is 2. The van der Waals surface area contributed by atoms with E-state index in [0.29, 0.717) is 5.56 Å². The van der Waals surface area contributed by atoms with Crippen LogP contribution in [-0.4, -0.2) is 15.9 Å². The Labute approximate surface area is 157 Å². The summed E-state index contributed by atoms with van der Waals surface area (Å²) in [6.07, 6.45) is -0.878. The third kappa shape index (κ3) is 5.04. The summed E-state index contributed by atoms with van der Waals surface area (Å²) >= 11 is 18.2. The number of aryl methyl sites for hydroxylation is 3. The molecule has 1 amide bonds. The van der Waals surface area contributed by atoms with Gasteiger partial charge in [0.1, 0.15) is 6.17 Å². The molecule has 0 bridgehead atoms. The molecular formula is C18H19Cl3N2O. The summed E-state index contributed by atoms with van der Waals surface area (Å²) in [7, 11) is 0. The second kappa shape index (κ2) is 7.64. The lowest BCUT2D eigenvalue weighted by Crippen LogP contribution is -2.49. The lowest BCUT2D eigenvalue weighted by Gasteiger charge is -2.28. The molecule has 1 atom stereocenters. The number of halogens is 3. The summed E-state index contributed by atoms with van der Waals surface area (Å²) < 4.78 is -1.71. The molecule has 0 aliphatic carbocycles. The van der Waals surface area contributed by atoms with E-state index in [1.807, 2.05) is 51.1 Å². The van der Waals surface area contributed by atoms with Crippen LogP contribution in [0.5, 0.6) is 0 Å². The minimum atomic E-state index is -1.71.